The molecular formula is C15H19NO2S. The molecule has 0 fully saturated rings. The number of hydrogen-bond donors (Lipinski definition) is 1. The Hall–Kier alpha value is -1.39. The van der Waals surface area contributed by atoms with Gasteiger partial charge < -0.3 is 14.9 Å². The molecular weight excluding hydrogens is 258 g/mol. The van der Waals surface area contributed by atoms with E-state index in [2.05, 4.69) is 0 Å². The van der Waals surface area contributed by atoms with Crippen LogP contribution in [0.15, 0.2) is 52.0 Å². The molecule has 0 aliphatic carbocycles. The summed E-state index contributed by atoms with van der Waals surface area (Å²) in [5, 5.41) is 0. The number of ether oxygens (including phenoxy) is 1. The van der Waals surface area contributed by atoms with Crippen LogP contribution in [0.25, 0.3) is 0 Å². The van der Waals surface area contributed by atoms with E-state index < -0.39 is 0 Å². The average Bonchev–Trinajstić information content (AvgIpc) is 2.98. The second kappa shape index (κ2) is 6.68. The first-order valence-electron chi connectivity index (χ1n) is 6.35. The number of thioether (sulfide) groups is 1. The summed E-state index contributed by atoms with van der Waals surface area (Å²) in [6, 6.07) is 11.6. The van der Waals surface area contributed by atoms with E-state index in [0.29, 0.717) is 0 Å². The summed E-state index contributed by atoms with van der Waals surface area (Å²) >= 11 is 1.66. The topological polar surface area (TPSA) is 48.4 Å². The maximum absolute atomic E-state index is 6.16. The largest absolute Gasteiger partial charge is 0.480 e. The highest BCUT2D eigenvalue weighted by atomic mass is 32.2. The molecule has 0 amide bonds. The molecule has 2 aromatic rings. The molecule has 0 spiro atoms. The lowest BCUT2D eigenvalue weighted by molar-refractivity contribution is 0.141. The smallest absolute Gasteiger partial charge is 0.171 e. The maximum atomic E-state index is 6.16. The van der Waals surface area contributed by atoms with Crippen LogP contribution in [0.2, 0.25) is 0 Å². The molecule has 1 heterocycles. The summed E-state index contributed by atoms with van der Waals surface area (Å²) in [5.41, 5.74) is 6.16. The van der Waals surface area contributed by atoms with Crippen LogP contribution >= 0.6 is 11.8 Å². The molecule has 0 saturated carbocycles. The van der Waals surface area contributed by atoms with Crippen LogP contribution in [-0.2, 0) is 0 Å². The van der Waals surface area contributed by atoms with Crippen LogP contribution in [0.4, 0.5) is 0 Å². The minimum absolute atomic E-state index is 0.0962. The Kier molecular flexibility index (Phi) is 4.93. The Morgan fingerprint density at radius 2 is 2.05 bits per heavy atom. The molecule has 2 rings (SSSR count). The summed E-state index contributed by atoms with van der Waals surface area (Å²) in [4.78, 5) is 1.10. The van der Waals surface area contributed by atoms with Crippen molar-refractivity contribution < 1.29 is 9.15 Å². The van der Waals surface area contributed by atoms with Gasteiger partial charge in [-0.1, -0.05) is 19.1 Å². The maximum Gasteiger partial charge on any atom is 0.171 e. The molecule has 0 radical (unpaired) electrons. The minimum Gasteiger partial charge on any atom is -0.480 e. The summed E-state index contributed by atoms with van der Waals surface area (Å²) in [5.74, 6) is 1.62. The normalized spacial score (nSPS) is 14.1. The highest BCUT2D eigenvalue weighted by molar-refractivity contribution is 7.98. The molecule has 1 aromatic heterocycles. The van der Waals surface area contributed by atoms with Gasteiger partial charge in [-0.05, 0) is 36.9 Å². The van der Waals surface area contributed by atoms with Gasteiger partial charge in [0.1, 0.15) is 11.5 Å². The highest BCUT2D eigenvalue weighted by Gasteiger charge is 2.23. The zero-order chi connectivity index (χ0) is 13.7. The third kappa shape index (κ3) is 3.33. The summed E-state index contributed by atoms with van der Waals surface area (Å²) < 4.78 is 11.5. The Labute approximate surface area is 118 Å². The summed E-state index contributed by atoms with van der Waals surface area (Å²) in [6.45, 7) is 2.05. The fourth-order valence-electron chi connectivity index (χ4n) is 1.88. The van der Waals surface area contributed by atoms with E-state index in [-0.39, 0.29) is 12.1 Å². The molecule has 102 valence electrons. The first-order valence-corrected chi connectivity index (χ1v) is 7.57. The number of para-hydroxylation sites is 1. The first-order chi connectivity index (χ1) is 9.26. The van der Waals surface area contributed by atoms with Crippen molar-refractivity contribution in [2.24, 2.45) is 5.73 Å². The van der Waals surface area contributed by atoms with Crippen molar-refractivity contribution in [3.05, 3.63) is 48.4 Å². The third-order valence-corrected chi connectivity index (χ3v) is 3.78. The molecule has 1 aromatic carbocycles. The minimum atomic E-state index is -0.256. The second-order valence-electron chi connectivity index (χ2n) is 4.28. The van der Waals surface area contributed by atoms with Crippen LogP contribution in [0.5, 0.6) is 5.75 Å². The SMILES string of the molecule is CCC(N)C(Oc1ccccc1SC)c1ccco1. The summed E-state index contributed by atoms with van der Waals surface area (Å²) in [7, 11) is 0. The lowest BCUT2D eigenvalue weighted by atomic mass is 10.1. The summed E-state index contributed by atoms with van der Waals surface area (Å²) in [6.07, 6.45) is 4.25. The fourth-order valence-corrected chi connectivity index (χ4v) is 2.41. The van der Waals surface area contributed by atoms with E-state index in [1.165, 1.54) is 0 Å². The van der Waals surface area contributed by atoms with Crippen LogP contribution in [-0.4, -0.2) is 12.3 Å². The molecule has 0 aliphatic rings. The highest BCUT2D eigenvalue weighted by Crippen LogP contribution is 2.32. The van der Waals surface area contributed by atoms with Gasteiger partial charge in [0.15, 0.2) is 6.10 Å². The molecule has 0 saturated heterocycles. The van der Waals surface area contributed by atoms with Crippen LogP contribution < -0.4 is 10.5 Å². The van der Waals surface area contributed by atoms with E-state index in [1.807, 2.05) is 49.6 Å². The molecule has 3 nitrogen and oxygen atoms in total. The zero-order valence-corrected chi connectivity index (χ0v) is 12.0. The molecule has 2 atom stereocenters. The second-order valence-corrected chi connectivity index (χ2v) is 5.12. The van der Waals surface area contributed by atoms with E-state index in [4.69, 9.17) is 14.9 Å². The molecule has 0 aliphatic heterocycles. The predicted octanol–water partition coefficient (Wildman–Crippen LogP) is 3.86. The van der Waals surface area contributed by atoms with E-state index >= 15 is 0 Å². The monoisotopic (exact) mass is 277 g/mol. The molecule has 2 N–H and O–H groups in total. The first kappa shape index (κ1) is 14.0. The molecule has 4 heteroatoms. The fraction of sp³-hybridized carbons (Fsp3) is 0.333. The van der Waals surface area contributed by atoms with Crippen molar-refractivity contribution in [1.29, 1.82) is 0 Å². The van der Waals surface area contributed by atoms with Crippen molar-refractivity contribution in [2.45, 2.75) is 30.4 Å². The van der Waals surface area contributed by atoms with Gasteiger partial charge in [0.2, 0.25) is 0 Å². The van der Waals surface area contributed by atoms with E-state index in [0.717, 1.165) is 22.8 Å². The van der Waals surface area contributed by atoms with Crippen molar-refractivity contribution in [2.75, 3.05) is 6.26 Å². The van der Waals surface area contributed by atoms with E-state index in [1.54, 1.807) is 18.0 Å². The quantitative estimate of drug-likeness (QED) is 0.815. The van der Waals surface area contributed by atoms with Gasteiger partial charge in [0.05, 0.1) is 6.26 Å². The van der Waals surface area contributed by atoms with Crippen molar-refractivity contribution >= 4 is 11.8 Å². The van der Waals surface area contributed by atoms with Crippen molar-refractivity contribution in [3.63, 3.8) is 0 Å². The van der Waals surface area contributed by atoms with Crippen molar-refractivity contribution in [1.82, 2.24) is 0 Å². The Bertz CT molecular complexity index is 499. The Morgan fingerprint density at radius 3 is 2.68 bits per heavy atom. The Morgan fingerprint density at radius 1 is 1.26 bits per heavy atom. The van der Waals surface area contributed by atoms with Gasteiger partial charge in [-0.25, -0.2) is 0 Å². The number of nitrogens with two attached hydrogens (primary N) is 1. The third-order valence-electron chi connectivity index (χ3n) is 3.01. The van der Waals surface area contributed by atoms with Crippen LogP contribution in [0.3, 0.4) is 0 Å². The van der Waals surface area contributed by atoms with Gasteiger partial charge in [-0.15, -0.1) is 11.8 Å². The van der Waals surface area contributed by atoms with E-state index in [9.17, 15) is 0 Å². The number of benzene rings is 1. The molecule has 2 unspecified atom stereocenters. The van der Waals surface area contributed by atoms with Crippen molar-refractivity contribution in [3.8, 4) is 5.75 Å². The lowest BCUT2D eigenvalue weighted by Crippen LogP contribution is -2.31. The number of furan rings is 1. The average molecular weight is 277 g/mol. The zero-order valence-electron chi connectivity index (χ0n) is 11.2. The number of hydrogen-bond acceptors (Lipinski definition) is 4. The molecule has 19 heavy (non-hydrogen) atoms. The van der Waals surface area contributed by atoms with Crippen LogP contribution in [0, 0.1) is 0 Å². The van der Waals surface area contributed by atoms with Gasteiger partial charge in [0.25, 0.3) is 0 Å². The lowest BCUT2D eigenvalue weighted by Gasteiger charge is -2.23. The standard InChI is InChI=1S/C15H19NO2S/c1-3-11(16)15(13-8-6-10-17-13)18-12-7-4-5-9-14(12)19-2/h4-11,15H,3,16H2,1-2H3. The van der Waals surface area contributed by atoms with Gasteiger partial charge in [0, 0.05) is 10.9 Å². The van der Waals surface area contributed by atoms with Gasteiger partial charge in [-0.3, -0.25) is 0 Å². The van der Waals surface area contributed by atoms with Crippen LogP contribution in [0.1, 0.15) is 25.2 Å². The Balaban J connectivity index is 2.25. The predicted molar refractivity (Wildman–Crippen MR) is 78.6 cm³/mol. The molecule has 0 bridgehead atoms. The number of rotatable bonds is 6. The van der Waals surface area contributed by atoms with Gasteiger partial charge >= 0.3 is 0 Å². The van der Waals surface area contributed by atoms with Gasteiger partial charge in [-0.2, -0.15) is 0 Å².